The smallest absolute Gasteiger partial charge is 0.313 e. The van der Waals surface area contributed by atoms with Crippen LogP contribution in [0.5, 0.6) is 0 Å². The number of hydrogen-bond acceptors (Lipinski definition) is 3. The standard InChI is InChI=1S/C13H19NO4/c1-13(12(16)17)8-18-7-10(13)14-11(15)6-9-4-2-3-5-9/h2,4,9-10H,3,5-8H2,1H3,(H,14,15)(H,16,17). The Labute approximate surface area is 106 Å². The van der Waals surface area contributed by atoms with Crippen LogP contribution >= 0.6 is 0 Å². The normalized spacial score (nSPS) is 34.7. The first kappa shape index (κ1) is 13.1. The van der Waals surface area contributed by atoms with Crippen molar-refractivity contribution in [1.82, 2.24) is 5.32 Å². The molecule has 1 fully saturated rings. The van der Waals surface area contributed by atoms with E-state index < -0.39 is 17.4 Å². The zero-order chi connectivity index (χ0) is 13.2. The molecule has 0 aromatic rings. The Morgan fingerprint density at radius 3 is 2.94 bits per heavy atom. The van der Waals surface area contributed by atoms with Gasteiger partial charge in [-0.05, 0) is 25.7 Å². The number of carboxylic acids is 1. The Bertz CT molecular complexity index is 379. The van der Waals surface area contributed by atoms with Crippen LogP contribution in [0.3, 0.4) is 0 Å². The second-order valence-corrected chi connectivity index (χ2v) is 5.33. The summed E-state index contributed by atoms with van der Waals surface area (Å²) in [6, 6.07) is -0.437. The quantitative estimate of drug-likeness (QED) is 0.731. The minimum atomic E-state index is -1.01. The van der Waals surface area contributed by atoms with Gasteiger partial charge < -0.3 is 15.2 Å². The summed E-state index contributed by atoms with van der Waals surface area (Å²) in [7, 11) is 0. The lowest BCUT2D eigenvalue weighted by Gasteiger charge is -2.25. The molecule has 5 heteroatoms. The highest BCUT2D eigenvalue weighted by Crippen LogP contribution is 2.29. The molecule has 0 aromatic heterocycles. The summed E-state index contributed by atoms with van der Waals surface area (Å²) in [6.07, 6.45) is 6.60. The van der Waals surface area contributed by atoms with Crippen LogP contribution in [0.2, 0.25) is 0 Å². The van der Waals surface area contributed by atoms with Crippen LogP contribution in [-0.4, -0.2) is 36.2 Å². The Balaban J connectivity index is 1.90. The minimum absolute atomic E-state index is 0.0884. The third-order valence-corrected chi connectivity index (χ3v) is 3.84. The van der Waals surface area contributed by atoms with Crippen molar-refractivity contribution in [3.63, 3.8) is 0 Å². The number of amides is 1. The van der Waals surface area contributed by atoms with Crippen molar-refractivity contribution in [3.05, 3.63) is 12.2 Å². The molecule has 1 aliphatic heterocycles. The fraction of sp³-hybridized carbons (Fsp3) is 0.692. The van der Waals surface area contributed by atoms with Crippen molar-refractivity contribution in [2.75, 3.05) is 13.2 Å². The first-order valence-electron chi connectivity index (χ1n) is 6.29. The average molecular weight is 253 g/mol. The number of carbonyl (C=O) groups excluding carboxylic acids is 1. The van der Waals surface area contributed by atoms with E-state index in [0.717, 1.165) is 12.8 Å². The molecule has 1 saturated heterocycles. The Hall–Kier alpha value is -1.36. The maximum absolute atomic E-state index is 11.9. The van der Waals surface area contributed by atoms with Crippen LogP contribution in [0.1, 0.15) is 26.2 Å². The zero-order valence-electron chi connectivity index (χ0n) is 10.5. The Morgan fingerprint density at radius 1 is 1.56 bits per heavy atom. The first-order chi connectivity index (χ1) is 8.52. The SMILES string of the molecule is CC1(C(=O)O)COCC1NC(=O)CC1C=CCC1. The fourth-order valence-corrected chi connectivity index (χ4v) is 2.44. The maximum Gasteiger partial charge on any atom is 0.313 e. The van der Waals surface area contributed by atoms with Gasteiger partial charge in [-0.15, -0.1) is 0 Å². The molecule has 1 heterocycles. The number of ether oxygens (including phenoxy) is 1. The average Bonchev–Trinajstić information content (AvgIpc) is 2.90. The molecule has 100 valence electrons. The second kappa shape index (κ2) is 5.10. The molecule has 2 rings (SSSR count). The minimum Gasteiger partial charge on any atom is -0.481 e. The number of aliphatic carboxylic acids is 1. The van der Waals surface area contributed by atoms with Gasteiger partial charge in [-0.3, -0.25) is 9.59 Å². The lowest BCUT2D eigenvalue weighted by atomic mass is 9.85. The van der Waals surface area contributed by atoms with Crippen LogP contribution in [0, 0.1) is 11.3 Å². The molecule has 2 N–H and O–H groups in total. The molecule has 3 atom stereocenters. The lowest BCUT2D eigenvalue weighted by Crippen LogP contribution is -2.49. The van der Waals surface area contributed by atoms with Gasteiger partial charge in [0.15, 0.2) is 0 Å². The molecule has 5 nitrogen and oxygen atoms in total. The summed E-state index contributed by atoms with van der Waals surface area (Å²) in [4.78, 5) is 23.1. The summed E-state index contributed by atoms with van der Waals surface area (Å²) in [5.74, 6) is -0.719. The van der Waals surface area contributed by atoms with Crippen LogP contribution in [-0.2, 0) is 14.3 Å². The van der Waals surface area contributed by atoms with Crippen LogP contribution in [0.4, 0.5) is 0 Å². The van der Waals surface area contributed by atoms with E-state index in [-0.39, 0.29) is 19.1 Å². The van der Waals surface area contributed by atoms with Crippen molar-refractivity contribution in [2.24, 2.45) is 11.3 Å². The number of carbonyl (C=O) groups is 2. The number of rotatable bonds is 4. The molecule has 1 amide bonds. The summed E-state index contributed by atoms with van der Waals surface area (Å²) in [5.41, 5.74) is -1.01. The summed E-state index contributed by atoms with van der Waals surface area (Å²) >= 11 is 0. The predicted octanol–water partition coefficient (Wildman–Crippen LogP) is 0.949. The molecule has 1 aliphatic carbocycles. The zero-order valence-corrected chi connectivity index (χ0v) is 10.5. The predicted molar refractivity (Wildman–Crippen MR) is 65.0 cm³/mol. The van der Waals surface area contributed by atoms with E-state index in [4.69, 9.17) is 4.74 Å². The molecular weight excluding hydrogens is 234 g/mol. The van der Waals surface area contributed by atoms with Crippen molar-refractivity contribution in [2.45, 2.75) is 32.2 Å². The Morgan fingerprint density at radius 2 is 2.33 bits per heavy atom. The highest BCUT2D eigenvalue weighted by molar-refractivity contribution is 5.80. The van der Waals surface area contributed by atoms with Gasteiger partial charge in [0.2, 0.25) is 5.91 Å². The third kappa shape index (κ3) is 2.56. The van der Waals surface area contributed by atoms with Crippen molar-refractivity contribution in [1.29, 1.82) is 0 Å². The van der Waals surface area contributed by atoms with E-state index in [1.54, 1.807) is 6.92 Å². The molecule has 18 heavy (non-hydrogen) atoms. The molecule has 3 unspecified atom stereocenters. The highest BCUT2D eigenvalue weighted by Gasteiger charge is 2.47. The van der Waals surface area contributed by atoms with E-state index in [1.165, 1.54) is 0 Å². The van der Waals surface area contributed by atoms with Gasteiger partial charge in [0.1, 0.15) is 5.41 Å². The van der Waals surface area contributed by atoms with E-state index in [0.29, 0.717) is 12.3 Å². The molecule has 0 radical (unpaired) electrons. The fourth-order valence-electron chi connectivity index (χ4n) is 2.44. The van der Waals surface area contributed by atoms with E-state index in [1.807, 2.05) is 0 Å². The van der Waals surface area contributed by atoms with Crippen molar-refractivity contribution < 1.29 is 19.4 Å². The van der Waals surface area contributed by atoms with Crippen LogP contribution in [0.15, 0.2) is 12.2 Å². The lowest BCUT2D eigenvalue weighted by molar-refractivity contribution is -0.149. The molecule has 2 aliphatic rings. The van der Waals surface area contributed by atoms with E-state index in [2.05, 4.69) is 17.5 Å². The number of allylic oxidation sites excluding steroid dienone is 2. The Kier molecular flexibility index (Phi) is 3.71. The molecule has 0 saturated carbocycles. The van der Waals surface area contributed by atoms with Crippen LogP contribution < -0.4 is 5.32 Å². The second-order valence-electron chi connectivity index (χ2n) is 5.33. The summed E-state index contributed by atoms with van der Waals surface area (Å²) in [5, 5.41) is 12.0. The molecular formula is C13H19NO4. The van der Waals surface area contributed by atoms with E-state index in [9.17, 15) is 14.7 Å². The van der Waals surface area contributed by atoms with Crippen LogP contribution in [0.25, 0.3) is 0 Å². The number of hydrogen-bond donors (Lipinski definition) is 2. The summed E-state index contributed by atoms with van der Waals surface area (Å²) < 4.78 is 5.20. The third-order valence-electron chi connectivity index (χ3n) is 3.84. The molecule has 0 spiro atoms. The van der Waals surface area contributed by atoms with E-state index >= 15 is 0 Å². The van der Waals surface area contributed by atoms with Gasteiger partial charge in [0, 0.05) is 6.42 Å². The highest BCUT2D eigenvalue weighted by atomic mass is 16.5. The van der Waals surface area contributed by atoms with Crippen molar-refractivity contribution in [3.8, 4) is 0 Å². The van der Waals surface area contributed by atoms with Gasteiger partial charge in [0.25, 0.3) is 0 Å². The van der Waals surface area contributed by atoms with Gasteiger partial charge in [-0.25, -0.2) is 0 Å². The monoisotopic (exact) mass is 253 g/mol. The van der Waals surface area contributed by atoms with Gasteiger partial charge in [0.05, 0.1) is 19.3 Å². The van der Waals surface area contributed by atoms with Gasteiger partial charge in [-0.2, -0.15) is 0 Å². The largest absolute Gasteiger partial charge is 0.481 e. The maximum atomic E-state index is 11.9. The summed E-state index contributed by atoms with van der Waals surface area (Å²) in [6.45, 7) is 2.04. The number of carboxylic acid groups (broad SMARTS) is 1. The first-order valence-corrected chi connectivity index (χ1v) is 6.29. The van der Waals surface area contributed by atoms with Gasteiger partial charge >= 0.3 is 5.97 Å². The van der Waals surface area contributed by atoms with Gasteiger partial charge in [-0.1, -0.05) is 12.2 Å². The number of nitrogens with one attached hydrogen (secondary N) is 1. The van der Waals surface area contributed by atoms with Crippen molar-refractivity contribution >= 4 is 11.9 Å². The molecule has 0 aromatic carbocycles. The topological polar surface area (TPSA) is 75.6 Å². The molecule has 0 bridgehead atoms.